The number of thioether (sulfide) groups is 1. The normalized spacial score (nSPS) is 18.3. The molecule has 19 heavy (non-hydrogen) atoms. The first-order valence-electron chi connectivity index (χ1n) is 6.45. The van der Waals surface area contributed by atoms with Crippen LogP contribution in [0.25, 0.3) is 0 Å². The highest BCUT2D eigenvalue weighted by Gasteiger charge is 2.16. The van der Waals surface area contributed by atoms with Crippen molar-refractivity contribution in [3.8, 4) is 0 Å². The fourth-order valence-electron chi connectivity index (χ4n) is 1.74. The number of halogens is 1. The van der Waals surface area contributed by atoms with Gasteiger partial charge in [-0.25, -0.2) is 0 Å². The highest BCUT2D eigenvalue weighted by Crippen LogP contribution is 2.09. The number of carbonyl (C=O) groups is 2. The Labute approximate surface area is 125 Å². The maximum absolute atomic E-state index is 11.6. The van der Waals surface area contributed by atoms with E-state index in [4.69, 9.17) is 4.74 Å². The summed E-state index contributed by atoms with van der Waals surface area (Å²) in [4.78, 5) is 22.7. The van der Waals surface area contributed by atoms with Crippen molar-refractivity contribution in [2.75, 3.05) is 31.2 Å². The van der Waals surface area contributed by atoms with E-state index in [0.717, 1.165) is 18.1 Å². The lowest BCUT2D eigenvalue weighted by atomic mass is 10.2. The second kappa shape index (κ2) is 11.4. The van der Waals surface area contributed by atoms with Crippen molar-refractivity contribution >= 4 is 36.0 Å². The van der Waals surface area contributed by atoms with E-state index in [-0.39, 0.29) is 30.3 Å². The number of amides is 1. The molecule has 112 valence electrons. The smallest absolute Gasteiger partial charge is 0.305 e. The minimum absolute atomic E-state index is 0. The molecule has 1 aliphatic heterocycles. The van der Waals surface area contributed by atoms with E-state index in [0.29, 0.717) is 32.4 Å². The molecule has 7 heteroatoms. The standard InChI is InChI=1S/C12H22N2O3S.ClH/c1-2-17-12(16)4-3-5-14-11(15)8-10-9-18-7-6-13-10;/h10,13H,2-9H2,1H3,(H,14,15);1H. The summed E-state index contributed by atoms with van der Waals surface area (Å²) >= 11 is 1.88. The maximum atomic E-state index is 11.6. The first-order chi connectivity index (χ1) is 8.72. The van der Waals surface area contributed by atoms with Crippen LogP contribution in [0.4, 0.5) is 0 Å². The highest BCUT2D eigenvalue weighted by atomic mass is 35.5. The molecule has 1 heterocycles. The number of rotatable bonds is 7. The van der Waals surface area contributed by atoms with E-state index < -0.39 is 0 Å². The number of carbonyl (C=O) groups excluding carboxylic acids is 2. The molecule has 2 N–H and O–H groups in total. The molecule has 1 atom stereocenters. The molecule has 1 amide bonds. The molecule has 1 rings (SSSR count). The predicted molar refractivity (Wildman–Crippen MR) is 79.9 cm³/mol. The first kappa shape index (κ1) is 18.5. The Balaban J connectivity index is 0.00000324. The van der Waals surface area contributed by atoms with Gasteiger partial charge in [0.05, 0.1) is 6.61 Å². The second-order valence-electron chi connectivity index (χ2n) is 4.19. The molecular formula is C12H23ClN2O3S. The van der Waals surface area contributed by atoms with E-state index in [1.807, 2.05) is 11.8 Å². The van der Waals surface area contributed by atoms with E-state index in [2.05, 4.69) is 10.6 Å². The summed E-state index contributed by atoms with van der Waals surface area (Å²) in [5.74, 6) is 1.98. The first-order valence-corrected chi connectivity index (χ1v) is 7.61. The van der Waals surface area contributed by atoms with Crippen molar-refractivity contribution in [1.82, 2.24) is 10.6 Å². The lowest BCUT2D eigenvalue weighted by molar-refractivity contribution is -0.143. The van der Waals surface area contributed by atoms with Crippen LogP contribution in [0.2, 0.25) is 0 Å². The van der Waals surface area contributed by atoms with Crippen molar-refractivity contribution in [2.45, 2.75) is 32.2 Å². The average Bonchev–Trinajstić information content (AvgIpc) is 2.36. The largest absolute Gasteiger partial charge is 0.466 e. The molecule has 0 bridgehead atoms. The monoisotopic (exact) mass is 310 g/mol. The van der Waals surface area contributed by atoms with Crippen LogP contribution in [0.5, 0.6) is 0 Å². The second-order valence-corrected chi connectivity index (χ2v) is 5.34. The Kier molecular flexibility index (Phi) is 11.1. The molecule has 0 radical (unpaired) electrons. The van der Waals surface area contributed by atoms with Crippen LogP contribution in [0, 0.1) is 0 Å². The zero-order valence-corrected chi connectivity index (χ0v) is 12.9. The molecule has 5 nitrogen and oxygen atoms in total. The number of hydrogen-bond donors (Lipinski definition) is 2. The molecule has 0 aromatic rings. The van der Waals surface area contributed by atoms with Gasteiger partial charge in [-0.3, -0.25) is 9.59 Å². The van der Waals surface area contributed by atoms with Crippen molar-refractivity contribution in [2.24, 2.45) is 0 Å². The third-order valence-electron chi connectivity index (χ3n) is 2.62. The predicted octanol–water partition coefficient (Wildman–Crippen LogP) is 0.963. The van der Waals surface area contributed by atoms with Gasteiger partial charge in [0, 0.05) is 43.5 Å². The molecule has 0 aromatic heterocycles. The van der Waals surface area contributed by atoms with Crippen LogP contribution in [-0.4, -0.2) is 49.1 Å². The maximum Gasteiger partial charge on any atom is 0.305 e. The van der Waals surface area contributed by atoms with Gasteiger partial charge in [-0.1, -0.05) is 0 Å². The number of hydrogen-bond acceptors (Lipinski definition) is 5. The minimum atomic E-state index is -0.197. The van der Waals surface area contributed by atoms with Gasteiger partial charge in [-0.2, -0.15) is 11.8 Å². The molecule has 0 spiro atoms. The van der Waals surface area contributed by atoms with Crippen molar-refractivity contribution < 1.29 is 14.3 Å². The van der Waals surface area contributed by atoms with E-state index in [1.54, 1.807) is 6.92 Å². The molecule has 0 aromatic carbocycles. The molecule has 1 aliphatic rings. The van der Waals surface area contributed by atoms with Crippen molar-refractivity contribution in [1.29, 1.82) is 0 Å². The molecule has 1 fully saturated rings. The van der Waals surface area contributed by atoms with Crippen molar-refractivity contribution in [3.63, 3.8) is 0 Å². The van der Waals surface area contributed by atoms with Gasteiger partial charge in [0.1, 0.15) is 0 Å². The summed E-state index contributed by atoms with van der Waals surface area (Å²) in [6.07, 6.45) is 1.52. The van der Waals surface area contributed by atoms with Gasteiger partial charge in [0.25, 0.3) is 0 Å². The fourth-order valence-corrected chi connectivity index (χ4v) is 2.69. The quantitative estimate of drug-likeness (QED) is 0.541. The minimum Gasteiger partial charge on any atom is -0.466 e. The van der Waals surface area contributed by atoms with Gasteiger partial charge in [-0.05, 0) is 13.3 Å². The van der Waals surface area contributed by atoms with E-state index in [9.17, 15) is 9.59 Å². The Morgan fingerprint density at radius 1 is 1.47 bits per heavy atom. The van der Waals surface area contributed by atoms with Gasteiger partial charge < -0.3 is 15.4 Å². The van der Waals surface area contributed by atoms with Gasteiger partial charge in [0.2, 0.25) is 5.91 Å². The summed E-state index contributed by atoms with van der Waals surface area (Å²) < 4.78 is 4.81. The number of ether oxygens (including phenoxy) is 1. The summed E-state index contributed by atoms with van der Waals surface area (Å²) in [6, 6.07) is 0.286. The summed E-state index contributed by atoms with van der Waals surface area (Å²) in [5.41, 5.74) is 0. The summed E-state index contributed by atoms with van der Waals surface area (Å²) in [6.45, 7) is 3.72. The van der Waals surface area contributed by atoms with E-state index >= 15 is 0 Å². The summed E-state index contributed by atoms with van der Waals surface area (Å²) in [7, 11) is 0. The highest BCUT2D eigenvalue weighted by molar-refractivity contribution is 7.99. The topological polar surface area (TPSA) is 67.4 Å². The lowest BCUT2D eigenvalue weighted by Gasteiger charge is -2.22. The van der Waals surface area contributed by atoms with Gasteiger partial charge in [-0.15, -0.1) is 12.4 Å². The third-order valence-corrected chi connectivity index (χ3v) is 3.75. The van der Waals surface area contributed by atoms with Crippen LogP contribution in [0.3, 0.4) is 0 Å². The average molecular weight is 311 g/mol. The lowest BCUT2D eigenvalue weighted by Crippen LogP contribution is -2.41. The van der Waals surface area contributed by atoms with Crippen LogP contribution >= 0.6 is 24.2 Å². The Hall–Kier alpha value is -0.460. The van der Waals surface area contributed by atoms with E-state index in [1.165, 1.54) is 0 Å². The third kappa shape index (κ3) is 9.13. The van der Waals surface area contributed by atoms with Crippen LogP contribution in [0.1, 0.15) is 26.2 Å². The molecule has 1 unspecified atom stereocenters. The summed E-state index contributed by atoms with van der Waals surface area (Å²) in [5, 5.41) is 6.15. The number of nitrogens with one attached hydrogen (secondary N) is 2. The SMILES string of the molecule is CCOC(=O)CCCNC(=O)CC1CSCCN1.Cl. The Morgan fingerprint density at radius 3 is 2.89 bits per heavy atom. The number of esters is 1. The molecular weight excluding hydrogens is 288 g/mol. The fraction of sp³-hybridized carbons (Fsp3) is 0.833. The zero-order valence-electron chi connectivity index (χ0n) is 11.3. The zero-order chi connectivity index (χ0) is 13.2. The van der Waals surface area contributed by atoms with Crippen LogP contribution in [-0.2, 0) is 14.3 Å². The molecule has 0 saturated carbocycles. The van der Waals surface area contributed by atoms with Crippen LogP contribution in [0.15, 0.2) is 0 Å². The van der Waals surface area contributed by atoms with Crippen molar-refractivity contribution in [3.05, 3.63) is 0 Å². The van der Waals surface area contributed by atoms with Gasteiger partial charge >= 0.3 is 5.97 Å². The Bertz CT molecular complexity index is 274. The van der Waals surface area contributed by atoms with Gasteiger partial charge in [0.15, 0.2) is 0 Å². The molecule has 1 saturated heterocycles. The van der Waals surface area contributed by atoms with Crippen LogP contribution < -0.4 is 10.6 Å². The molecule has 0 aliphatic carbocycles. The Morgan fingerprint density at radius 2 is 2.26 bits per heavy atom.